The second kappa shape index (κ2) is 10.7. The molecule has 3 aliphatic rings. The molecule has 39 heavy (non-hydrogen) atoms. The first kappa shape index (κ1) is 26.6. The quantitative estimate of drug-likeness (QED) is 0.246. The van der Waals surface area contributed by atoms with Gasteiger partial charge in [-0.15, -0.1) is 0 Å². The number of piperazine rings is 1. The monoisotopic (exact) mass is 616 g/mol. The highest BCUT2D eigenvalue weighted by Gasteiger charge is 2.44. The Morgan fingerprint density at radius 1 is 1.26 bits per heavy atom. The molecule has 12 heteroatoms. The largest absolute Gasteiger partial charge is 0.609 e. The van der Waals surface area contributed by atoms with Crippen LogP contribution in [-0.4, -0.2) is 76.0 Å². The maximum Gasteiger partial charge on any atom is 0.407 e. The van der Waals surface area contributed by atoms with Crippen LogP contribution >= 0.6 is 15.9 Å². The third-order valence-electron chi connectivity index (χ3n) is 7.74. The molecular weight excluding hydrogens is 588 g/mol. The van der Waals surface area contributed by atoms with Gasteiger partial charge in [-0.1, -0.05) is 28.1 Å². The molecule has 2 fully saturated rings. The first-order valence-electron chi connectivity index (χ1n) is 12.8. The number of amides is 1. The molecule has 2 aromatic carbocycles. The van der Waals surface area contributed by atoms with Crippen LogP contribution in [0.2, 0.25) is 0 Å². The van der Waals surface area contributed by atoms with Gasteiger partial charge in [0.2, 0.25) is 0 Å². The molecule has 0 saturated carbocycles. The molecule has 4 unspecified atom stereocenters. The summed E-state index contributed by atoms with van der Waals surface area (Å²) in [5, 5.41) is 12.0. The number of rotatable bonds is 6. The maximum absolute atomic E-state index is 12.6. The van der Waals surface area contributed by atoms with Crippen LogP contribution < -0.4 is 9.64 Å². The number of anilines is 1. The van der Waals surface area contributed by atoms with E-state index < -0.39 is 17.3 Å². The second-order valence-corrected chi connectivity index (χ2v) is 12.2. The molecule has 4 heterocycles. The van der Waals surface area contributed by atoms with E-state index >= 15 is 0 Å². The molecule has 1 amide bonds. The summed E-state index contributed by atoms with van der Waals surface area (Å²) in [6, 6.07) is 9.80. The zero-order chi connectivity index (χ0) is 27.3. The van der Waals surface area contributed by atoms with Crippen LogP contribution in [0.15, 0.2) is 40.0 Å². The summed E-state index contributed by atoms with van der Waals surface area (Å²) >= 11 is 2.33. The van der Waals surface area contributed by atoms with Crippen LogP contribution in [0.5, 0.6) is 5.75 Å². The van der Waals surface area contributed by atoms with E-state index in [9.17, 15) is 14.5 Å². The van der Waals surface area contributed by atoms with Crippen molar-refractivity contribution in [3.8, 4) is 5.75 Å². The van der Waals surface area contributed by atoms with Gasteiger partial charge in [-0.3, -0.25) is 4.90 Å². The van der Waals surface area contributed by atoms with Crippen molar-refractivity contribution >= 4 is 49.8 Å². The van der Waals surface area contributed by atoms with Crippen LogP contribution in [0, 0.1) is 0 Å². The number of fused-ring (bicyclic) bond motifs is 4. The fourth-order valence-corrected chi connectivity index (χ4v) is 7.12. The molecule has 2 saturated heterocycles. The highest BCUT2D eigenvalue weighted by Crippen LogP contribution is 2.42. The minimum atomic E-state index is -1.38. The summed E-state index contributed by atoms with van der Waals surface area (Å²) in [6.45, 7) is 1.51. The summed E-state index contributed by atoms with van der Waals surface area (Å²) < 4.78 is 30.9. The molecular formula is C27H29BrN4O6S. The van der Waals surface area contributed by atoms with Gasteiger partial charge < -0.3 is 28.8 Å². The summed E-state index contributed by atoms with van der Waals surface area (Å²) in [5.41, 5.74) is 2.64. The van der Waals surface area contributed by atoms with Crippen molar-refractivity contribution in [2.75, 3.05) is 38.1 Å². The van der Waals surface area contributed by atoms with Gasteiger partial charge in [0.25, 0.3) is 0 Å². The van der Waals surface area contributed by atoms with Gasteiger partial charge in [-0.05, 0) is 42.0 Å². The van der Waals surface area contributed by atoms with Crippen LogP contribution in [0.1, 0.15) is 35.8 Å². The molecule has 2 bridgehead atoms. The van der Waals surface area contributed by atoms with E-state index in [-0.39, 0.29) is 36.7 Å². The Kier molecular flexibility index (Phi) is 7.32. The molecule has 1 aromatic heterocycles. The third-order valence-corrected chi connectivity index (χ3v) is 9.10. The van der Waals surface area contributed by atoms with Crippen molar-refractivity contribution in [3.05, 3.63) is 51.6 Å². The number of methoxy groups -OCH3 is 1. The lowest BCUT2D eigenvalue weighted by atomic mass is 9.94. The third kappa shape index (κ3) is 4.93. The molecule has 1 N–H and O–H groups in total. The number of nitrogens with zero attached hydrogens (tertiary/aromatic N) is 4. The van der Waals surface area contributed by atoms with E-state index in [2.05, 4.69) is 20.8 Å². The Morgan fingerprint density at radius 3 is 2.72 bits per heavy atom. The lowest BCUT2D eigenvalue weighted by molar-refractivity contribution is 0.0256. The lowest BCUT2D eigenvalue weighted by Gasteiger charge is -2.41. The molecule has 6 rings (SSSR count). The van der Waals surface area contributed by atoms with Crippen LogP contribution in [0.3, 0.4) is 0 Å². The number of carboxylic acid groups (broad SMARTS) is 1. The fraction of sp³-hybridized carbons (Fsp3) is 0.444. The smallest absolute Gasteiger partial charge is 0.407 e. The molecule has 3 aliphatic heterocycles. The highest BCUT2D eigenvalue weighted by atomic mass is 79.9. The van der Waals surface area contributed by atoms with Crippen LogP contribution in [0.25, 0.3) is 10.8 Å². The Labute approximate surface area is 237 Å². The van der Waals surface area contributed by atoms with Crippen LogP contribution in [-0.2, 0) is 33.7 Å². The zero-order valence-corrected chi connectivity index (χ0v) is 24.0. The van der Waals surface area contributed by atoms with E-state index in [4.69, 9.17) is 24.2 Å². The van der Waals surface area contributed by atoms with Gasteiger partial charge in [0.1, 0.15) is 17.8 Å². The normalized spacial score (nSPS) is 23.1. The van der Waals surface area contributed by atoms with Gasteiger partial charge in [0, 0.05) is 53.2 Å². The first-order chi connectivity index (χ1) is 18.8. The van der Waals surface area contributed by atoms with Crippen LogP contribution in [0.4, 0.5) is 10.6 Å². The fourth-order valence-electron chi connectivity index (χ4n) is 6.06. The van der Waals surface area contributed by atoms with Crippen molar-refractivity contribution in [2.45, 2.75) is 49.2 Å². The van der Waals surface area contributed by atoms with E-state index in [1.807, 2.05) is 30.3 Å². The Morgan fingerprint density at radius 2 is 2.03 bits per heavy atom. The average molecular weight is 618 g/mol. The number of halogens is 1. The summed E-state index contributed by atoms with van der Waals surface area (Å²) in [5.74, 6) is 1.38. The number of benzene rings is 2. The minimum absolute atomic E-state index is 0.0850. The van der Waals surface area contributed by atoms with Crippen molar-refractivity contribution in [1.29, 1.82) is 0 Å². The number of hydrogen-bond acceptors (Lipinski definition) is 8. The van der Waals surface area contributed by atoms with E-state index in [1.54, 1.807) is 18.3 Å². The average Bonchev–Trinajstić information content (AvgIpc) is 3.20. The van der Waals surface area contributed by atoms with Crippen molar-refractivity contribution in [2.24, 2.45) is 0 Å². The predicted molar refractivity (Wildman–Crippen MR) is 149 cm³/mol. The number of aromatic nitrogens is 2. The molecule has 0 radical (unpaired) electrons. The van der Waals surface area contributed by atoms with E-state index in [1.165, 1.54) is 0 Å². The summed E-state index contributed by atoms with van der Waals surface area (Å²) in [7, 11) is 1.58. The minimum Gasteiger partial charge on any atom is -0.609 e. The highest BCUT2D eigenvalue weighted by molar-refractivity contribution is 9.10. The molecule has 0 spiro atoms. The van der Waals surface area contributed by atoms with E-state index in [0.29, 0.717) is 31.1 Å². The van der Waals surface area contributed by atoms with Crippen molar-refractivity contribution in [3.63, 3.8) is 0 Å². The first-order valence-corrected chi connectivity index (χ1v) is 15.1. The van der Waals surface area contributed by atoms with Crippen molar-refractivity contribution < 1.29 is 28.7 Å². The van der Waals surface area contributed by atoms with Gasteiger partial charge in [-0.2, -0.15) is 9.97 Å². The SMILES string of the molecule is COCOc1cc(C2Cc3nc([S+](C)[O-])nc(N4CC5CCC(C4)N5C(=O)O)c3CO2)c2c(Br)cccc2c1. The second-order valence-electron chi connectivity index (χ2n) is 10.1. The number of ether oxygens (including phenoxy) is 3. The van der Waals surface area contributed by atoms with E-state index in [0.717, 1.165) is 44.9 Å². The predicted octanol–water partition coefficient (Wildman–Crippen LogP) is 4.26. The molecule has 206 valence electrons. The van der Waals surface area contributed by atoms with Gasteiger partial charge in [0.05, 0.1) is 30.5 Å². The lowest BCUT2D eigenvalue weighted by Crippen LogP contribution is -2.56. The number of hydrogen-bond donors (Lipinski definition) is 1. The molecule has 10 nitrogen and oxygen atoms in total. The Hall–Kier alpha value is -2.64. The molecule has 0 aliphatic carbocycles. The van der Waals surface area contributed by atoms with Gasteiger partial charge >= 0.3 is 11.2 Å². The zero-order valence-electron chi connectivity index (χ0n) is 21.6. The topological polar surface area (TPSA) is 120 Å². The standard InChI is InChI=1S/C27H29BrN4O6S/c1-36-14-38-18-8-15-4-3-5-21(28)24(15)19(9-18)23-10-22-20(13-37-23)25(30-26(29-22)39(2)35)31-11-16-6-7-17(12-31)32(16)27(33)34/h3-5,8-9,16-17,23H,6-7,10-14H2,1-2H3,(H,33,34). The molecule has 3 aromatic rings. The number of carbonyl (C=O) groups is 1. The summed E-state index contributed by atoms with van der Waals surface area (Å²) in [4.78, 5) is 25.0. The van der Waals surface area contributed by atoms with Crippen molar-refractivity contribution in [1.82, 2.24) is 14.9 Å². The summed E-state index contributed by atoms with van der Waals surface area (Å²) in [6.07, 6.45) is 2.52. The molecule has 4 atom stereocenters. The Bertz CT molecular complexity index is 1410. The Balaban J connectivity index is 1.38. The van der Waals surface area contributed by atoms with Gasteiger partial charge in [0.15, 0.2) is 6.79 Å². The maximum atomic E-state index is 12.6. The van der Waals surface area contributed by atoms with Gasteiger partial charge in [-0.25, -0.2) is 4.79 Å².